The van der Waals surface area contributed by atoms with Gasteiger partial charge in [0.05, 0.1) is 0 Å². The molecule has 3 aromatic rings. The van der Waals surface area contributed by atoms with Crippen LogP contribution in [-0.2, 0) is 12.8 Å². The molecule has 0 fully saturated rings. The van der Waals surface area contributed by atoms with Crippen molar-refractivity contribution in [3.63, 3.8) is 0 Å². The van der Waals surface area contributed by atoms with Crippen LogP contribution in [0, 0.1) is 6.92 Å². The maximum absolute atomic E-state index is 12.4. The summed E-state index contributed by atoms with van der Waals surface area (Å²) in [5.74, 6) is -0.548. The number of aromatic nitrogens is 1. The third kappa shape index (κ3) is 2.48. The van der Waals surface area contributed by atoms with Crippen molar-refractivity contribution in [3.8, 4) is 11.5 Å². The molecule has 4 N–H and O–H groups in total. The predicted molar refractivity (Wildman–Crippen MR) is 91.5 cm³/mol. The summed E-state index contributed by atoms with van der Waals surface area (Å²) in [6, 6.07) is 10.2. The summed E-state index contributed by atoms with van der Waals surface area (Å²) >= 11 is 0. The van der Waals surface area contributed by atoms with Gasteiger partial charge in [0.2, 0.25) is 0 Å². The standard InChI is InChI=1S/C19H18N2O3/c1-10-2-3-17-15(4-10)16-7-12(8-18(16)21-17)20-19(24)11-5-13(22)9-14(23)6-11/h2-6,9,12,21-23H,7-8H2,1H3,(H,20,24). The molecule has 1 amide bonds. The van der Waals surface area contributed by atoms with Crippen LogP contribution in [0.1, 0.15) is 27.2 Å². The number of aromatic amines is 1. The molecule has 0 radical (unpaired) electrons. The molecule has 1 unspecified atom stereocenters. The first-order valence-corrected chi connectivity index (χ1v) is 7.93. The van der Waals surface area contributed by atoms with Gasteiger partial charge in [-0.1, -0.05) is 11.6 Å². The van der Waals surface area contributed by atoms with Gasteiger partial charge in [-0.05, 0) is 43.2 Å². The maximum Gasteiger partial charge on any atom is 0.251 e. The summed E-state index contributed by atoms with van der Waals surface area (Å²) in [5, 5.41) is 23.2. The summed E-state index contributed by atoms with van der Waals surface area (Å²) in [6.07, 6.45) is 1.52. The molecule has 0 saturated carbocycles. The molecule has 24 heavy (non-hydrogen) atoms. The molecule has 1 aromatic heterocycles. The Morgan fingerprint density at radius 1 is 1.12 bits per heavy atom. The Balaban J connectivity index is 1.54. The zero-order valence-electron chi connectivity index (χ0n) is 13.3. The average Bonchev–Trinajstić information content (AvgIpc) is 3.03. The number of hydrogen-bond donors (Lipinski definition) is 4. The summed E-state index contributed by atoms with van der Waals surface area (Å²) in [6.45, 7) is 2.07. The predicted octanol–water partition coefficient (Wildman–Crippen LogP) is 2.78. The van der Waals surface area contributed by atoms with Crippen LogP contribution in [0.25, 0.3) is 10.9 Å². The number of amides is 1. The normalized spacial score (nSPS) is 16.3. The van der Waals surface area contributed by atoms with E-state index in [9.17, 15) is 15.0 Å². The van der Waals surface area contributed by atoms with Crippen molar-refractivity contribution in [1.29, 1.82) is 0 Å². The number of phenolic OH excluding ortho intramolecular Hbond substituents is 2. The molecule has 0 saturated heterocycles. The lowest BCUT2D eigenvalue weighted by Gasteiger charge is -2.13. The van der Waals surface area contributed by atoms with Crippen LogP contribution in [0.5, 0.6) is 11.5 Å². The number of phenols is 2. The van der Waals surface area contributed by atoms with E-state index in [-0.39, 0.29) is 29.0 Å². The van der Waals surface area contributed by atoms with Crippen LogP contribution >= 0.6 is 0 Å². The number of benzene rings is 2. The highest BCUT2D eigenvalue weighted by Crippen LogP contribution is 2.31. The van der Waals surface area contributed by atoms with Gasteiger partial charge in [-0.15, -0.1) is 0 Å². The molecule has 5 heteroatoms. The number of carbonyl (C=O) groups excluding carboxylic acids is 1. The van der Waals surface area contributed by atoms with E-state index >= 15 is 0 Å². The fourth-order valence-corrected chi connectivity index (χ4v) is 3.49. The number of fused-ring (bicyclic) bond motifs is 3. The molecule has 2 aromatic carbocycles. The molecule has 0 aliphatic heterocycles. The topological polar surface area (TPSA) is 85.4 Å². The summed E-state index contributed by atoms with van der Waals surface area (Å²) in [5.41, 5.74) is 5.03. The third-order valence-corrected chi connectivity index (χ3v) is 4.55. The van der Waals surface area contributed by atoms with E-state index in [2.05, 4.69) is 35.4 Å². The van der Waals surface area contributed by atoms with Crippen LogP contribution in [-0.4, -0.2) is 27.1 Å². The van der Waals surface area contributed by atoms with Crippen molar-refractivity contribution in [2.24, 2.45) is 0 Å². The van der Waals surface area contributed by atoms with Gasteiger partial charge in [0, 0.05) is 40.7 Å². The molecule has 1 atom stereocenters. The SMILES string of the molecule is Cc1ccc2[nH]c3c(c2c1)CC(NC(=O)c1cc(O)cc(O)c1)C3. The number of carbonyl (C=O) groups is 1. The molecule has 0 bridgehead atoms. The van der Waals surface area contributed by atoms with Gasteiger partial charge in [0.1, 0.15) is 11.5 Å². The zero-order valence-corrected chi connectivity index (χ0v) is 13.3. The molecule has 122 valence electrons. The maximum atomic E-state index is 12.4. The fourth-order valence-electron chi connectivity index (χ4n) is 3.49. The fraction of sp³-hybridized carbons (Fsp3) is 0.211. The molecule has 1 heterocycles. The molecule has 4 rings (SSSR count). The Morgan fingerprint density at radius 3 is 2.62 bits per heavy atom. The quantitative estimate of drug-likeness (QED) is 0.585. The van der Waals surface area contributed by atoms with Gasteiger partial charge in [0.15, 0.2) is 0 Å². The van der Waals surface area contributed by atoms with Crippen molar-refractivity contribution in [1.82, 2.24) is 10.3 Å². The van der Waals surface area contributed by atoms with E-state index in [1.54, 1.807) is 0 Å². The van der Waals surface area contributed by atoms with Crippen LogP contribution in [0.4, 0.5) is 0 Å². The summed E-state index contributed by atoms with van der Waals surface area (Å²) < 4.78 is 0. The summed E-state index contributed by atoms with van der Waals surface area (Å²) in [7, 11) is 0. The number of hydrogen-bond acceptors (Lipinski definition) is 3. The molecule has 5 nitrogen and oxygen atoms in total. The minimum atomic E-state index is -0.295. The molecular weight excluding hydrogens is 304 g/mol. The van der Waals surface area contributed by atoms with Crippen LogP contribution < -0.4 is 5.32 Å². The van der Waals surface area contributed by atoms with Crippen molar-refractivity contribution >= 4 is 16.8 Å². The lowest BCUT2D eigenvalue weighted by Crippen LogP contribution is -2.35. The Morgan fingerprint density at radius 2 is 1.88 bits per heavy atom. The smallest absolute Gasteiger partial charge is 0.251 e. The molecule has 1 aliphatic rings. The molecule has 1 aliphatic carbocycles. The largest absolute Gasteiger partial charge is 0.508 e. The Hall–Kier alpha value is -2.95. The lowest BCUT2D eigenvalue weighted by molar-refractivity contribution is 0.0937. The average molecular weight is 322 g/mol. The second kappa shape index (κ2) is 5.30. The van der Waals surface area contributed by atoms with E-state index in [4.69, 9.17) is 0 Å². The van der Waals surface area contributed by atoms with Crippen LogP contribution in [0.2, 0.25) is 0 Å². The first kappa shape index (κ1) is 14.6. The van der Waals surface area contributed by atoms with Gasteiger partial charge in [-0.3, -0.25) is 4.79 Å². The first-order chi connectivity index (χ1) is 11.5. The van der Waals surface area contributed by atoms with Gasteiger partial charge in [-0.2, -0.15) is 0 Å². The number of aromatic hydroxyl groups is 2. The third-order valence-electron chi connectivity index (χ3n) is 4.55. The van der Waals surface area contributed by atoms with Crippen molar-refractivity contribution in [2.45, 2.75) is 25.8 Å². The molecular formula is C19H18N2O3. The molecule has 0 spiro atoms. The highest BCUT2D eigenvalue weighted by atomic mass is 16.3. The second-order valence-corrected chi connectivity index (χ2v) is 6.45. The highest BCUT2D eigenvalue weighted by molar-refractivity contribution is 5.95. The second-order valence-electron chi connectivity index (χ2n) is 6.45. The van der Waals surface area contributed by atoms with E-state index in [0.29, 0.717) is 0 Å². The van der Waals surface area contributed by atoms with Crippen molar-refractivity contribution < 1.29 is 15.0 Å². The van der Waals surface area contributed by atoms with Gasteiger partial charge < -0.3 is 20.5 Å². The van der Waals surface area contributed by atoms with E-state index in [1.165, 1.54) is 40.4 Å². The number of aryl methyl sites for hydroxylation is 1. The van der Waals surface area contributed by atoms with Crippen molar-refractivity contribution in [3.05, 3.63) is 58.8 Å². The van der Waals surface area contributed by atoms with E-state index < -0.39 is 0 Å². The van der Waals surface area contributed by atoms with E-state index in [0.717, 1.165) is 18.4 Å². The highest BCUT2D eigenvalue weighted by Gasteiger charge is 2.27. The summed E-state index contributed by atoms with van der Waals surface area (Å²) in [4.78, 5) is 15.8. The minimum Gasteiger partial charge on any atom is -0.508 e. The number of H-pyrrole nitrogens is 1. The number of rotatable bonds is 2. The Labute approximate surface area is 138 Å². The van der Waals surface area contributed by atoms with Crippen molar-refractivity contribution in [2.75, 3.05) is 0 Å². The zero-order chi connectivity index (χ0) is 16.8. The van der Waals surface area contributed by atoms with Gasteiger partial charge >= 0.3 is 0 Å². The van der Waals surface area contributed by atoms with E-state index in [1.807, 2.05) is 0 Å². The van der Waals surface area contributed by atoms with Crippen LogP contribution in [0.15, 0.2) is 36.4 Å². The minimum absolute atomic E-state index is 0.00755. The lowest BCUT2D eigenvalue weighted by atomic mass is 10.1. The Bertz CT molecular complexity index is 938. The van der Waals surface area contributed by atoms with Gasteiger partial charge in [0.25, 0.3) is 5.91 Å². The monoisotopic (exact) mass is 322 g/mol. The first-order valence-electron chi connectivity index (χ1n) is 7.93. The number of nitrogens with one attached hydrogen (secondary N) is 2. The Kier molecular flexibility index (Phi) is 3.23. The van der Waals surface area contributed by atoms with Gasteiger partial charge in [-0.25, -0.2) is 0 Å². The van der Waals surface area contributed by atoms with Crippen LogP contribution in [0.3, 0.4) is 0 Å².